The maximum Gasteiger partial charge on any atom is 0.186 e. The van der Waals surface area contributed by atoms with E-state index in [4.69, 9.17) is 17.0 Å². The van der Waals surface area contributed by atoms with Crippen molar-refractivity contribution in [3.8, 4) is 0 Å². The zero-order valence-corrected chi connectivity index (χ0v) is 12.2. The van der Waals surface area contributed by atoms with Crippen LogP contribution >= 0.6 is 12.2 Å². The first-order valence-corrected chi connectivity index (χ1v) is 6.72. The monoisotopic (exact) mass is 280 g/mol. The molecule has 0 atom stereocenters. The summed E-state index contributed by atoms with van der Waals surface area (Å²) in [6, 6.07) is 5.69. The molecule has 0 radical (unpaired) electrons. The van der Waals surface area contributed by atoms with Crippen LogP contribution in [-0.2, 0) is 4.74 Å². The van der Waals surface area contributed by atoms with Gasteiger partial charge in [-0.3, -0.25) is 10.4 Å². The molecule has 0 aliphatic heterocycles. The molecule has 1 aromatic rings. The zero-order valence-electron chi connectivity index (χ0n) is 11.3. The molecule has 1 rings (SSSR count). The Morgan fingerprint density at radius 3 is 3.00 bits per heavy atom. The number of nitrogens with zero attached hydrogens (tertiary/aromatic N) is 2. The fourth-order valence-electron chi connectivity index (χ4n) is 1.33. The van der Waals surface area contributed by atoms with Crippen molar-refractivity contribution in [3.63, 3.8) is 0 Å². The quantitative estimate of drug-likeness (QED) is 0.344. The molecule has 5 nitrogen and oxygen atoms in total. The van der Waals surface area contributed by atoms with Crippen LogP contribution in [0.3, 0.4) is 0 Å². The second kappa shape index (κ2) is 9.41. The van der Waals surface area contributed by atoms with E-state index in [2.05, 4.69) is 20.8 Å². The standard InChI is InChI=1S/C13H20N4OS/c1-3-18-10-6-9-15-13(19)17-16-11(2)12-7-4-5-8-14-12/h4-5,7-8H,3,6,9-10H2,1-2H3,(H2,15,17,19)/b16-11-. The van der Waals surface area contributed by atoms with Gasteiger partial charge >= 0.3 is 0 Å². The molecule has 104 valence electrons. The van der Waals surface area contributed by atoms with Gasteiger partial charge in [-0.2, -0.15) is 5.10 Å². The van der Waals surface area contributed by atoms with Crippen molar-refractivity contribution in [2.75, 3.05) is 19.8 Å². The molecule has 0 bridgehead atoms. The van der Waals surface area contributed by atoms with Crippen molar-refractivity contribution >= 4 is 23.0 Å². The lowest BCUT2D eigenvalue weighted by molar-refractivity contribution is 0.145. The molecule has 2 N–H and O–H groups in total. The Bertz CT molecular complexity index is 408. The predicted molar refractivity (Wildman–Crippen MR) is 81.3 cm³/mol. The van der Waals surface area contributed by atoms with Gasteiger partial charge in [0.05, 0.1) is 11.4 Å². The van der Waals surface area contributed by atoms with Gasteiger partial charge in [-0.25, -0.2) is 0 Å². The summed E-state index contributed by atoms with van der Waals surface area (Å²) in [6.07, 6.45) is 2.65. The Hall–Kier alpha value is -1.53. The number of hydrazone groups is 1. The first-order valence-electron chi connectivity index (χ1n) is 6.31. The van der Waals surface area contributed by atoms with Crippen molar-refractivity contribution in [1.29, 1.82) is 0 Å². The van der Waals surface area contributed by atoms with Crippen LogP contribution in [0.5, 0.6) is 0 Å². The lowest BCUT2D eigenvalue weighted by Gasteiger charge is -2.07. The van der Waals surface area contributed by atoms with E-state index in [0.717, 1.165) is 37.6 Å². The maximum absolute atomic E-state index is 5.23. The lowest BCUT2D eigenvalue weighted by Crippen LogP contribution is -2.33. The van der Waals surface area contributed by atoms with Gasteiger partial charge in [-0.15, -0.1) is 0 Å². The van der Waals surface area contributed by atoms with Crippen molar-refractivity contribution < 1.29 is 4.74 Å². The molecule has 0 saturated heterocycles. The lowest BCUT2D eigenvalue weighted by atomic mass is 10.3. The number of thiocarbonyl (C=S) groups is 1. The third-order valence-electron chi connectivity index (χ3n) is 2.32. The summed E-state index contributed by atoms with van der Waals surface area (Å²) in [7, 11) is 0. The SMILES string of the molecule is CCOCCCNC(=S)N/N=C(/C)c1ccccn1. The Kier molecular flexibility index (Phi) is 7.69. The van der Waals surface area contributed by atoms with Gasteiger partial charge in [0.2, 0.25) is 0 Å². The predicted octanol–water partition coefficient (Wildman–Crippen LogP) is 1.70. The van der Waals surface area contributed by atoms with Gasteiger partial charge < -0.3 is 10.1 Å². The van der Waals surface area contributed by atoms with Crippen LogP contribution in [0.15, 0.2) is 29.5 Å². The Balaban J connectivity index is 2.25. The molecule has 1 aromatic heterocycles. The molecular formula is C13H20N4OS. The highest BCUT2D eigenvalue weighted by atomic mass is 32.1. The summed E-state index contributed by atoms with van der Waals surface area (Å²) in [5, 5.41) is 7.75. The van der Waals surface area contributed by atoms with Gasteiger partial charge in [-0.05, 0) is 44.6 Å². The molecule has 0 aromatic carbocycles. The summed E-state index contributed by atoms with van der Waals surface area (Å²) < 4.78 is 5.23. The highest BCUT2D eigenvalue weighted by Gasteiger charge is 1.98. The fourth-order valence-corrected chi connectivity index (χ4v) is 1.48. The summed E-state index contributed by atoms with van der Waals surface area (Å²) in [6.45, 7) is 6.12. The number of aromatic nitrogens is 1. The van der Waals surface area contributed by atoms with Crippen molar-refractivity contribution in [1.82, 2.24) is 15.7 Å². The molecular weight excluding hydrogens is 260 g/mol. The number of pyridine rings is 1. The van der Waals surface area contributed by atoms with E-state index in [-0.39, 0.29) is 0 Å². The van der Waals surface area contributed by atoms with Crippen LogP contribution in [0.4, 0.5) is 0 Å². The molecule has 0 saturated carbocycles. The van der Waals surface area contributed by atoms with E-state index in [9.17, 15) is 0 Å². The molecule has 1 heterocycles. The van der Waals surface area contributed by atoms with E-state index in [1.54, 1.807) is 6.20 Å². The second-order valence-corrected chi connectivity index (χ2v) is 4.24. The fraction of sp³-hybridized carbons (Fsp3) is 0.462. The van der Waals surface area contributed by atoms with Crippen LogP contribution in [0.2, 0.25) is 0 Å². The van der Waals surface area contributed by atoms with E-state index in [1.165, 1.54) is 0 Å². The van der Waals surface area contributed by atoms with Gasteiger partial charge in [-0.1, -0.05) is 6.07 Å². The zero-order chi connectivity index (χ0) is 13.9. The minimum absolute atomic E-state index is 0.506. The molecule has 0 fully saturated rings. The molecule has 0 spiro atoms. The van der Waals surface area contributed by atoms with Crippen molar-refractivity contribution in [2.45, 2.75) is 20.3 Å². The van der Waals surface area contributed by atoms with Crippen molar-refractivity contribution in [2.24, 2.45) is 5.10 Å². The van der Waals surface area contributed by atoms with Gasteiger partial charge in [0.25, 0.3) is 0 Å². The molecule has 0 unspecified atom stereocenters. The number of hydrogen-bond acceptors (Lipinski definition) is 4. The van der Waals surface area contributed by atoms with Crippen LogP contribution in [0.25, 0.3) is 0 Å². The number of rotatable bonds is 7. The Labute approximate surface area is 119 Å². The van der Waals surface area contributed by atoms with Gasteiger partial charge in [0.1, 0.15) is 0 Å². The third-order valence-corrected chi connectivity index (χ3v) is 2.55. The topological polar surface area (TPSA) is 58.5 Å². The average molecular weight is 280 g/mol. The van der Waals surface area contributed by atoms with E-state index in [1.807, 2.05) is 32.0 Å². The van der Waals surface area contributed by atoms with Crippen LogP contribution in [0.1, 0.15) is 26.0 Å². The molecule has 0 aliphatic carbocycles. The van der Waals surface area contributed by atoms with E-state index < -0.39 is 0 Å². The highest BCUT2D eigenvalue weighted by Crippen LogP contribution is 1.94. The van der Waals surface area contributed by atoms with Gasteiger partial charge in [0, 0.05) is 26.0 Å². The van der Waals surface area contributed by atoms with Crippen LogP contribution in [0, 0.1) is 0 Å². The first-order chi connectivity index (χ1) is 9.24. The molecule has 19 heavy (non-hydrogen) atoms. The molecule has 0 aliphatic rings. The second-order valence-electron chi connectivity index (χ2n) is 3.83. The molecule has 6 heteroatoms. The summed E-state index contributed by atoms with van der Waals surface area (Å²) >= 11 is 5.11. The summed E-state index contributed by atoms with van der Waals surface area (Å²) in [5.74, 6) is 0. The number of ether oxygens (including phenoxy) is 1. The van der Waals surface area contributed by atoms with E-state index in [0.29, 0.717) is 5.11 Å². The average Bonchev–Trinajstić information content (AvgIpc) is 2.45. The summed E-state index contributed by atoms with van der Waals surface area (Å²) in [5.41, 5.74) is 4.42. The third kappa shape index (κ3) is 6.83. The smallest absolute Gasteiger partial charge is 0.186 e. The van der Waals surface area contributed by atoms with E-state index >= 15 is 0 Å². The molecule has 0 amide bonds. The number of hydrogen-bond donors (Lipinski definition) is 2. The van der Waals surface area contributed by atoms with Crippen LogP contribution < -0.4 is 10.7 Å². The first kappa shape index (κ1) is 15.5. The van der Waals surface area contributed by atoms with Crippen molar-refractivity contribution in [3.05, 3.63) is 30.1 Å². The Morgan fingerprint density at radius 1 is 1.47 bits per heavy atom. The summed E-state index contributed by atoms with van der Waals surface area (Å²) in [4.78, 5) is 4.20. The maximum atomic E-state index is 5.23. The highest BCUT2D eigenvalue weighted by molar-refractivity contribution is 7.80. The van der Waals surface area contributed by atoms with Crippen LogP contribution in [-0.4, -0.2) is 35.6 Å². The van der Waals surface area contributed by atoms with Gasteiger partial charge in [0.15, 0.2) is 5.11 Å². The minimum Gasteiger partial charge on any atom is -0.382 e. The normalized spacial score (nSPS) is 11.2. The Morgan fingerprint density at radius 2 is 2.32 bits per heavy atom. The largest absolute Gasteiger partial charge is 0.382 e. The number of nitrogens with one attached hydrogen (secondary N) is 2. The minimum atomic E-state index is 0.506.